The van der Waals surface area contributed by atoms with E-state index in [4.69, 9.17) is 16.3 Å². The van der Waals surface area contributed by atoms with Crippen molar-refractivity contribution in [2.75, 3.05) is 7.11 Å². The van der Waals surface area contributed by atoms with Gasteiger partial charge in [-0.1, -0.05) is 35.9 Å². The lowest BCUT2D eigenvalue weighted by Gasteiger charge is -2.16. The number of methoxy groups -OCH3 is 1. The number of nitrogens with zero attached hydrogens (tertiary/aromatic N) is 1. The topological polar surface area (TPSA) is 34.1 Å². The van der Waals surface area contributed by atoms with Crippen molar-refractivity contribution in [1.82, 2.24) is 10.3 Å². The molecule has 1 aromatic heterocycles. The van der Waals surface area contributed by atoms with Crippen LogP contribution in [-0.2, 0) is 6.54 Å². The largest absolute Gasteiger partial charge is 0.481 e. The van der Waals surface area contributed by atoms with Crippen LogP contribution in [0.4, 0.5) is 0 Å². The fourth-order valence-corrected chi connectivity index (χ4v) is 2.24. The third kappa shape index (κ3) is 3.46. The minimum absolute atomic E-state index is 0.165. The van der Waals surface area contributed by atoms with Gasteiger partial charge in [-0.05, 0) is 24.6 Å². The Balaban J connectivity index is 2.04. The summed E-state index contributed by atoms with van der Waals surface area (Å²) in [6.07, 6.45) is 1.72. The fraction of sp³-hybridized carbons (Fsp3) is 0.267. The van der Waals surface area contributed by atoms with E-state index in [-0.39, 0.29) is 6.04 Å². The lowest BCUT2D eigenvalue weighted by atomic mass is 10.1. The Morgan fingerprint density at radius 2 is 2.05 bits per heavy atom. The van der Waals surface area contributed by atoms with Crippen LogP contribution in [0.2, 0.25) is 5.02 Å². The van der Waals surface area contributed by atoms with Gasteiger partial charge in [-0.3, -0.25) is 0 Å². The van der Waals surface area contributed by atoms with Crippen LogP contribution in [0.15, 0.2) is 42.6 Å². The molecule has 4 heteroatoms. The molecule has 0 saturated carbocycles. The summed E-state index contributed by atoms with van der Waals surface area (Å²) in [4.78, 5) is 4.18. The van der Waals surface area contributed by atoms with Gasteiger partial charge in [-0.15, -0.1) is 0 Å². The highest BCUT2D eigenvalue weighted by molar-refractivity contribution is 6.31. The van der Waals surface area contributed by atoms with E-state index in [1.54, 1.807) is 13.3 Å². The Hall–Kier alpha value is -1.58. The number of hydrogen-bond acceptors (Lipinski definition) is 3. The minimum atomic E-state index is 0.165. The molecule has 0 fully saturated rings. The summed E-state index contributed by atoms with van der Waals surface area (Å²) in [7, 11) is 1.63. The zero-order valence-corrected chi connectivity index (χ0v) is 11.8. The van der Waals surface area contributed by atoms with Gasteiger partial charge in [-0.2, -0.15) is 0 Å². The standard InChI is InChI=1S/C15H17ClN2O/c1-11(13-7-3-4-8-14(13)16)18-10-12-6-5-9-17-15(12)19-2/h3-9,11,18H,10H2,1-2H3. The highest BCUT2D eigenvalue weighted by atomic mass is 35.5. The number of halogens is 1. The maximum Gasteiger partial charge on any atom is 0.217 e. The van der Waals surface area contributed by atoms with Crippen molar-refractivity contribution in [1.29, 1.82) is 0 Å². The first-order valence-electron chi connectivity index (χ1n) is 6.18. The number of aromatic nitrogens is 1. The molecule has 1 unspecified atom stereocenters. The van der Waals surface area contributed by atoms with Gasteiger partial charge in [0.25, 0.3) is 0 Å². The van der Waals surface area contributed by atoms with E-state index in [1.807, 2.05) is 36.4 Å². The van der Waals surface area contributed by atoms with Gasteiger partial charge in [0.2, 0.25) is 5.88 Å². The van der Waals surface area contributed by atoms with Crippen molar-refractivity contribution in [3.05, 3.63) is 58.7 Å². The molecule has 0 aliphatic rings. The summed E-state index contributed by atoms with van der Waals surface area (Å²) >= 11 is 6.18. The Morgan fingerprint density at radius 1 is 1.26 bits per heavy atom. The van der Waals surface area contributed by atoms with Crippen molar-refractivity contribution in [3.8, 4) is 5.88 Å². The normalized spacial score (nSPS) is 12.2. The monoisotopic (exact) mass is 276 g/mol. The van der Waals surface area contributed by atoms with Gasteiger partial charge in [0.1, 0.15) is 0 Å². The molecule has 0 aliphatic carbocycles. The van der Waals surface area contributed by atoms with Crippen LogP contribution >= 0.6 is 11.6 Å². The fourth-order valence-electron chi connectivity index (χ4n) is 1.94. The van der Waals surface area contributed by atoms with E-state index in [2.05, 4.69) is 17.2 Å². The third-order valence-electron chi connectivity index (χ3n) is 3.01. The van der Waals surface area contributed by atoms with Crippen LogP contribution in [0.1, 0.15) is 24.1 Å². The van der Waals surface area contributed by atoms with Crippen LogP contribution in [0.3, 0.4) is 0 Å². The average molecular weight is 277 g/mol. The van der Waals surface area contributed by atoms with Gasteiger partial charge in [-0.25, -0.2) is 4.98 Å². The Morgan fingerprint density at radius 3 is 2.79 bits per heavy atom. The van der Waals surface area contributed by atoms with Gasteiger partial charge in [0.05, 0.1) is 7.11 Å². The van der Waals surface area contributed by atoms with Crippen molar-refractivity contribution < 1.29 is 4.74 Å². The summed E-state index contributed by atoms with van der Waals surface area (Å²) in [5, 5.41) is 4.20. The summed E-state index contributed by atoms with van der Waals surface area (Å²) in [5.74, 6) is 0.654. The number of pyridine rings is 1. The van der Waals surface area contributed by atoms with Crippen molar-refractivity contribution in [3.63, 3.8) is 0 Å². The molecule has 100 valence electrons. The first-order valence-corrected chi connectivity index (χ1v) is 6.56. The van der Waals surface area contributed by atoms with Crippen LogP contribution in [0.25, 0.3) is 0 Å². The molecule has 0 amide bonds. The number of nitrogens with one attached hydrogen (secondary N) is 1. The zero-order chi connectivity index (χ0) is 13.7. The molecule has 1 atom stereocenters. The number of hydrogen-bond donors (Lipinski definition) is 1. The number of rotatable bonds is 5. The van der Waals surface area contributed by atoms with Gasteiger partial charge < -0.3 is 10.1 Å². The smallest absolute Gasteiger partial charge is 0.217 e. The summed E-state index contributed by atoms with van der Waals surface area (Å²) in [6, 6.07) is 11.9. The van der Waals surface area contributed by atoms with Crippen LogP contribution in [0.5, 0.6) is 5.88 Å². The van der Waals surface area contributed by atoms with Crippen LogP contribution in [-0.4, -0.2) is 12.1 Å². The highest BCUT2D eigenvalue weighted by Gasteiger charge is 2.10. The van der Waals surface area contributed by atoms with E-state index in [1.165, 1.54) is 0 Å². The van der Waals surface area contributed by atoms with E-state index in [0.29, 0.717) is 12.4 Å². The summed E-state index contributed by atoms with van der Waals surface area (Å²) in [5.41, 5.74) is 2.12. The lowest BCUT2D eigenvalue weighted by molar-refractivity contribution is 0.389. The van der Waals surface area contributed by atoms with Crippen molar-refractivity contribution in [2.24, 2.45) is 0 Å². The second-order valence-corrected chi connectivity index (χ2v) is 4.70. The molecule has 1 N–H and O–H groups in total. The summed E-state index contributed by atoms with van der Waals surface area (Å²) < 4.78 is 5.23. The van der Waals surface area contributed by atoms with Crippen molar-refractivity contribution in [2.45, 2.75) is 19.5 Å². The quantitative estimate of drug-likeness (QED) is 0.906. The molecular formula is C15H17ClN2O. The molecule has 0 spiro atoms. The van der Waals surface area contributed by atoms with Crippen molar-refractivity contribution >= 4 is 11.6 Å². The molecular weight excluding hydrogens is 260 g/mol. The van der Waals surface area contributed by atoms with Gasteiger partial charge >= 0.3 is 0 Å². The number of ether oxygens (including phenoxy) is 1. The van der Waals surface area contributed by atoms with Crippen LogP contribution < -0.4 is 10.1 Å². The lowest BCUT2D eigenvalue weighted by Crippen LogP contribution is -2.19. The van der Waals surface area contributed by atoms with E-state index < -0.39 is 0 Å². The Bertz CT molecular complexity index is 545. The van der Waals surface area contributed by atoms with Crippen LogP contribution in [0, 0.1) is 0 Å². The maximum atomic E-state index is 6.18. The predicted octanol–water partition coefficient (Wildman–Crippen LogP) is 3.59. The van der Waals surface area contributed by atoms with E-state index in [9.17, 15) is 0 Å². The summed E-state index contributed by atoms with van der Waals surface area (Å²) in [6.45, 7) is 2.77. The third-order valence-corrected chi connectivity index (χ3v) is 3.36. The molecule has 0 saturated heterocycles. The molecule has 2 aromatic rings. The van der Waals surface area contributed by atoms with E-state index in [0.717, 1.165) is 16.1 Å². The highest BCUT2D eigenvalue weighted by Crippen LogP contribution is 2.23. The molecule has 3 nitrogen and oxygen atoms in total. The minimum Gasteiger partial charge on any atom is -0.481 e. The molecule has 0 aliphatic heterocycles. The first-order chi connectivity index (χ1) is 9.22. The van der Waals surface area contributed by atoms with Gasteiger partial charge in [0.15, 0.2) is 0 Å². The molecule has 0 bridgehead atoms. The zero-order valence-electron chi connectivity index (χ0n) is 11.1. The Kier molecular flexibility index (Phi) is 4.77. The maximum absolute atomic E-state index is 6.18. The SMILES string of the molecule is COc1ncccc1CNC(C)c1ccccc1Cl. The van der Waals surface area contributed by atoms with E-state index >= 15 is 0 Å². The molecule has 1 heterocycles. The first kappa shape index (κ1) is 13.8. The Labute approximate surface area is 118 Å². The second kappa shape index (κ2) is 6.55. The van der Waals surface area contributed by atoms with Gasteiger partial charge in [0, 0.05) is 29.4 Å². The molecule has 1 aromatic carbocycles. The second-order valence-electron chi connectivity index (χ2n) is 4.30. The average Bonchev–Trinajstić information content (AvgIpc) is 2.45. The molecule has 19 heavy (non-hydrogen) atoms. The number of benzene rings is 1. The molecule has 0 radical (unpaired) electrons. The molecule has 2 rings (SSSR count). The predicted molar refractivity (Wildman–Crippen MR) is 77.5 cm³/mol.